The van der Waals surface area contributed by atoms with Gasteiger partial charge in [0.1, 0.15) is 11.2 Å². The van der Waals surface area contributed by atoms with Gasteiger partial charge in [0.2, 0.25) is 17.4 Å². The van der Waals surface area contributed by atoms with Crippen LogP contribution in [-0.4, -0.2) is 28.5 Å². The first-order chi connectivity index (χ1) is 20.5. The molecular formula is C33H33Cl3N2O5. The SMILES string of the molecule is CCCC(CCC)(Oc1ccc(Cl)cc1[C@H]1CC(=O)N[C@@H](c2cc(Cl)ccc2C)[C@]12C(=O)Nc1cc(Cl)ccc12)C(=O)O. The van der Waals surface area contributed by atoms with Crippen molar-refractivity contribution in [2.24, 2.45) is 0 Å². The molecule has 0 saturated carbocycles. The summed E-state index contributed by atoms with van der Waals surface area (Å²) in [6, 6.07) is 14.7. The van der Waals surface area contributed by atoms with Crippen molar-refractivity contribution in [1.82, 2.24) is 5.32 Å². The number of carbonyl (C=O) groups is 3. The monoisotopic (exact) mass is 642 g/mol. The van der Waals surface area contributed by atoms with Gasteiger partial charge in [-0.25, -0.2) is 4.79 Å². The molecule has 2 heterocycles. The second-order valence-electron chi connectivity index (χ2n) is 11.4. The Kier molecular flexibility index (Phi) is 8.72. The average Bonchev–Trinajstić information content (AvgIpc) is 3.23. The van der Waals surface area contributed by atoms with E-state index in [1.807, 2.05) is 26.8 Å². The summed E-state index contributed by atoms with van der Waals surface area (Å²) in [4.78, 5) is 40.8. The van der Waals surface area contributed by atoms with Gasteiger partial charge in [-0.3, -0.25) is 9.59 Å². The summed E-state index contributed by atoms with van der Waals surface area (Å²) >= 11 is 19.4. The van der Waals surface area contributed by atoms with Gasteiger partial charge < -0.3 is 20.5 Å². The molecule has 10 heteroatoms. The number of halogens is 3. The van der Waals surface area contributed by atoms with Crippen molar-refractivity contribution in [2.75, 3.05) is 5.32 Å². The topological polar surface area (TPSA) is 105 Å². The molecule has 2 aliphatic heterocycles. The molecule has 3 aromatic rings. The standard InChI is InChI=1S/C33H33Cl3N2O5/c1-4-12-32(13-5-2,31(41)42)43-27-11-9-20(35)15-23(27)25-17-28(39)38-29(22-14-19(34)7-6-18(22)3)33(25)24-10-8-21(36)16-26(24)37-30(33)40/h6-11,14-16,25,29H,4-5,12-13,17H2,1-3H3,(H,37,40)(H,38,39)(H,41,42)/t25-,29+,33-/m1/s1. The molecule has 226 valence electrons. The minimum Gasteiger partial charge on any atom is -0.478 e. The number of hydrogen-bond donors (Lipinski definition) is 3. The lowest BCUT2D eigenvalue weighted by molar-refractivity contribution is -0.157. The number of piperidine rings is 1. The minimum atomic E-state index is -1.50. The van der Waals surface area contributed by atoms with Crippen LogP contribution in [0.25, 0.3) is 0 Å². The zero-order valence-corrected chi connectivity index (χ0v) is 26.4. The first-order valence-corrected chi connectivity index (χ1v) is 15.5. The smallest absolute Gasteiger partial charge is 0.348 e. The van der Waals surface area contributed by atoms with E-state index in [1.54, 1.807) is 48.5 Å². The zero-order valence-electron chi connectivity index (χ0n) is 24.1. The Bertz CT molecular complexity index is 1600. The quantitative estimate of drug-likeness (QED) is 0.219. The normalized spacial score (nSPS) is 21.3. The fourth-order valence-corrected chi connectivity index (χ4v) is 7.36. The van der Waals surface area contributed by atoms with E-state index in [0.717, 1.165) is 5.56 Å². The van der Waals surface area contributed by atoms with Crippen LogP contribution >= 0.6 is 34.8 Å². The van der Waals surface area contributed by atoms with E-state index in [0.29, 0.717) is 50.3 Å². The van der Waals surface area contributed by atoms with E-state index in [2.05, 4.69) is 10.6 Å². The molecule has 1 saturated heterocycles. The van der Waals surface area contributed by atoms with Gasteiger partial charge in [0, 0.05) is 38.7 Å². The lowest BCUT2D eigenvalue weighted by Gasteiger charge is -2.47. The maximum atomic E-state index is 14.5. The van der Waals surface area contributed by atoms with Crippen molar-refractivity contribution in [3.8, 4) is 5.75 Å². The Balaban J connectivity index is 1.80. The lowest BCUT2D eigenvalue weighted by atomic mass is 9.59. The number of fused-ring (bicyclic) bond motifs is 2. The highest BCUT2D eigenvalue weighted by Crippen LogP contribution is 2.59. The van der Waals surface area contributed by atoms with Crippen molar-refractivity contribution in [1.29, 1.82) is 0 Å². The van der Waals surface area contributed by atoms with Crippen molar-refractivity contribution in [3.05, 3.63) is 91.9 Å². The largest absolute Gasteiger partial charge is 0.478 e. The van der Waals surface area contributed by atoms with Gasteiger partial charge in [-0.2, -0.15) is 0 Å². The number of rotatable bonds is 9. The van der Waals surface area contributed by atoms with E-state index in [4.69, 9.17) is 39.5 Å². The van der Waals surface area contributed by atoms with Crippen LogP contribution in [0.1, 0.15) is 80.2 Å². The molecule has 0 radical (unpaired) electrons. The summed E-state index contributed by atoms with van der Waals surface area (Å²) in [6.45, 7) is 5.71. The number of ether oxygens (including phenoxy) is 1. The van der Waals surface area contributed by atoms with Gasteiger partial charge in [0.25, 0.3) is 0 Å². The molecule has 0 aliphatic carbocycles. The fraction of sp³-hybridized carbons (Fsp3) is 0.364. The Morgan fingerprint density at radius 3 is 2.21 bits per heavy atom. The summed E-state index contributed by atoms with van der Waals surface area (Å²) in [6.07, 6.45) is 1.64. The first-order valence-electron chi connectivity index (χ1n) is 14.4. The van der Waals surface area contributed by atoms with Crippen molar-refractivity contribution >= 4 is 58.3 Å². The number of carbonyl (C=O) groups excluding carboxylic acids is 2. The molecule has 43 heavy (non-hydrogen) atoms. The highest BCUT2D eigenvalue weighted by molar-refractivity contribution is 6.31. The molecule has 1 spiro atoms. The number of carboxylic acid groups (broad SMARTS) is 1. The molecule has 3 aromatic carbocycles. The number of hydrogen-bond acceptors (Lipinski definition) is 4. The highest BCUT2D eigenvalue weighted by atomic mass is 35.5. The van der Waals surface area contributed by atoms with Crippen LogP contribution < -0.4 is 15.4 Å². The molecule has 3 N–H and O–H groups in total. The number of benzene rings is 3. The number of carboxylic acids is 1. The van der Waals surface area contributed by atoms with Crippen LogP contribution in [0.5, 0.6) is 5.75 Å². The number of aryl methyl sites for hydroxylation is 1. The van der Waals surface area contributed by atoms with Gasteiger partial charge in [-0.05, 0) is 78.9 Å². The summed E-state index contributed by atoms with van der Waals surface area (Å²) in [5.74, 6) is -2.22. The molecule has 0 unspecified atom stereocenters. The molecular weight excluding hydrogens is 611 g/mol. The molecule has 2 amide bonds. The molecule has 0 bridgehead atoms. The van der Waals surface area contributed by atoms with Crippen LogP contribution in [0, 0.1) is 6.92 Å². The van der Waals surface area contributed by atoms with E-state index in [-0.39, 0.29) is 36.8 Å². The van der Waals surface area contributed by atoms with Gasteiger partial charge >= 0.3 is 5.97 Å². The highest BCUT2D eigenvalue weighted by Gasteiger charge is 2.62. The van der Waals surface area contributed by atoms with E-state index in [9.17, 15) is 19.5 Å². The van der Waals surface area contributed by atoms with E-state index in [1.165, 1.54) is 0 Å². The van der Waals surface area contributed by atoms with Crippen molar-refractivity contribution in [2.45, 2.75) is 75.9 Å². The van der Waals surface area contributed by atoms with Crippen molar-refractivity contribution in [3.63, 3.8) is 0 Å². The molecule has 7 nitrogen and oxygen atoms in total. The third-order valence-corrected chi connectivity index (χ3v) is 9.36. The molecule has 5 rings (SSSR count). The summed E-state index contributed by atoms with van der Waals surface area (Å²) in [7, 11) is 0. The fourth-order valence-electron chi connectivity index (χ4n) is 6.83. The summed E-state index contributed by atoms with van der Waals surface area (Å²) < 4.78 is 6.48. The first kappa shape index (κ1) is 31.2. The minimum absolute atomic E-state index is 0.0794. The Morgan fingerprint density at radius 1 is 0.953 bits per heavy atom. The summed E-state index contributed by atoms with van der Waals surface area (Å²) in [5.41, 5.74) is 0.296. The second kappa shape index (κ2) is 12.0. The van der Waals surface area contributed by atoms with Gasteiger partial charge in [-0.15, -0.1) is 0 Å². The second-order valence-corrected chi connectivity index (χ2v) is 12.7. The van der Waals surface area contributed by atoms with Crippen LogP contribution in [0.3, 0.4) is 0 Å². The van der Waals surface area contributed by atoms with Crippen LogP contribution in [0.4, 0.5) is 5.69 Å². The van der Waals surface area contributed by atoms with Crippen LogP contribution in [-0.2, 0) is 19.8 Å². The third kappa shape index (κ3) is 5.36. The molecule has 1 fully saturated rings. The number of nitrogens with one attached hydrogen (secondary N) is 2. The predicted molar refractivity (Wildman–Crippen MR) is 168 cm³/mol. The Morgan fingerprint density at radius 2 is 1.56 bits per heavy atom. The Hall–Kier alpha value is -3.26. The third-order valence-electron chi connectivity index (χ3n) is 8.65. The maximum Gasteiger partial charge on any atom is 0.348 e. The lowest BCUT2D eigenvalue weighted by Crippen LogP contribution is -2.57. The maximum absolute atomic E-state index is 14.5. The van der Waals surface area contributed by atoms with Gasteiger partial charge in [-0.1, -0.05) is 73.6 Å². The predicted octanol–water partition coefficient (Wildman–Crippen LogP) is 7.99. The average molecular weight is 644 g/mol. The van der Waals surface area contributed by atoms with E-state index < -0.39 is 28.9 Å². The summed E-state index contributed by atoms with van der Waals surface area (Å²) in [5, 5.41) is 17.8. The molecule has 0 aromatic heterocycles. The number of amides is 2. The number of anilines is 1. The van der Waals surface area contributed by atoms with Crippen LogP contribution in [0.15, 0.2) is 54.6 Å². The van der Waals surface area contributed by atoms with Gasteiger partial charge in [0.05, 0.1) is 6.04 Å². The van der Waals surface area contributed by atoms with E-state index >= 15 is 0 Å². The zero-order chi connectivity index (χ0) is 31.1. The molecule has 2 aliphatic rings. The van der Waals surface area contributed by atoms with Crippen molar-refractivity contribution < 1.29 is 24.2 Å². The number of aliphatic carboxylic acids is 1. The molecule has 3 atom stereocenters. The van der Waals surface area contributed by atoms with Gasteiger partial charge in [0.15, 0.2) is 0 Å². The van der Waals surface area contributed by atoms with Crippen LogP contribution in [0.2, 0.25) is 15.1 Å². The Labute approximate surface area is 265 Å².